The second-order valence-corrected chi connectivity index (χ2v) is 6.49. The highest BCUT2D eigenvalue weighted by molar-refractivity contribution is 7.28. The molecule has 0 fully saturated rings. The van der Waals surface area contributed by atoms with Gasteiger partial charge in [0.15, 0.2) is 5.13 Å². The van der Waals surface area contributed by atoms with E-state index in [-0.39, 0.29) is 11.7 Å². The van der Waals surface area contributed by atoms with E-state index >= 15 is 0 Å². The maximum atomic E-state index is 12.2. The van der Waals surface area contributed by atoms with Gasteiger partial charge in [-0.25, -0.2) is 9.97 Å². The second-order valence-electron chi connectivity index (χ2n) is 4.63. The maximum absolute atomic E-state index is 12.2. The Morgan fingerprint density at radius 2 is 1.82 bits per heavy atom. The van der Waals surface area contributed by atoms with Crippen LogP contribution in [0.15, 0.2) is 41.9 Å². The van der Waals surface area contributed by atoms with Gasteiger partial charge in [-0.2, -0.15) is 0 Å². The lowest BCUT2D eigenvalue weighted by Crippen LogP contribution is -2.11. The van der Waals surface area contributed by atoms with E-state index in [0.29, 0.717) is 10.7 Å². The number of nitrogens with zero attached hydrogens (tertiary/aromatic N) is 2. The zero-order chi connectivity index (χ0) is 15.1. The maximum Gasteiger partial charge on any atom is 0.257 e. The topological polar surface area (TPSA) is 75.1 Å². The molecule has 7 heteroatoms. The number of phenolic OH excluding ortho intramolecular Hbond substituents is 1. The molecule has 0 spiro atoms. The lowest BCUT2D eigenvalue weighted by Gasteiger charge is -2.01. The van der Waals surface area contributed by atoms with E-state index in [9.17, 15) is 9.90 Å². The molecular weight excluding hydrogens is 318 g/mol. The van der Waals surface area contributed by atoms with E-state index in [1.165, 1.54) is 23.5 Å². The van der Waals surface area contributed by atoms with Crippen LogP contribution in [0.2, 0.25) is 0 Å². The first-order valence-electron chi connectivity index (χ1n) is 6.44. The molecule has 0 atom stereocenters. The van der Waals surface area contributed by atoms with E-state index in [2.05, 4.69) is 15.3 Å². The first-order valence-corrected chi connectivity index (χ1v) is 8.13. The second kappa shape index (κ2) is 5.04. The van der Waals surface area contributed by atoms with Crippen molar-refractivity contribution in [1.82, 2.24) is 9.97 Å². The molecule has 5 nitrogen and oxygen atoms in total. The van der Waals surface area contributed by atoms with E-state index in [1.807, 2.05) is 12.1 Å². The SMILES string of the molecule is O=C(Nc1nc2ccc3ncsc3c2s1)c1ccc(O)cc1. The summed E-state index contributed by atoms with van der Waals surface area (Å²) in [5.41, 5.74) is 4.07. The van der Waals surface area contributed by atoms with Crippen LogP contribution in [0.1, 0.15) is 10.4 Å². The largest absolute Gasteiger partial charge is 0.508 e. The Bertz CT molecular complexity index is 989. The highest BCUT2D eigenvalue weighted by atomic mass is 32.1. The molecule has 0 aliphatic carbocycles. The van der Waals surface area contributed by atoms with Gasteiger partial charge in [-0.15, -0.1) is 11.3 Å². The molecular formula is C15H9N3O2S2. The quantitative estimate of drug-likeness (QED) is 0.586. The summed E-state index contributed by atoms with van der Waals surface area (Å²) in [6.45, 7) is 0. The molecule has 0 unspecified atom stereocenters. The summed E-state index contributed by atoms with van der Waals surface area (Å²) >= 11 is 3.00. The number of nitrogens with one attached hydrogen (secondary N) is 1. The van der Waals surface area contributed by atoms with E-state index in [0.717, 1.165) is 20.4 Å². The number of hydrogen-bond acceptors (Lipinski definition) is 6. The summed E-state index contributed by atoms with van der Waals surface area (Å²) in [7, 11) is 0. The summed E-state index contributed by atoms with van der Waals surface area (Å²) in [5, 5.41) is 12.6. The molecule has 4 aromatic rings. The molecule has 0 saturated carbocycles. The number of amides is 1. The number of aromatic nitrogens is 2. The molecule has 0 bridgehead atoms. The molecule has 22 heavy (non-hydrogen) atoms. The van der Waals surface area contributed by atoms with Crippen LogP contribution in [0.3, 0.4) is 0 Å². The molecule has 1 amide bonds. The van der Waals surface area contributed by atoms with E-state index in [4.69, 9.17) is 0 Å². The smallest absolute Gasteiger partial charge is 0.257 e. The van der Waals surface area contributed by atoms with Crippen molar-refractivity contribution in [3.8, 4) is 5.75 Å². The van der Waals surface area contributed by atoms with Crippen molar-refractivity contribution in [2.45, 2.75) is 0 Å². The van der Waals surface area contributed by atoms with Gasteiger partial charge in [0.25, 0.3) is 5.91 Å². The predicted octanol–water partition coefficient (Wildman–Crippen LogP) is 3.86. The summed E-state index contributed by atoms with van der Waals surface area (Å²) in [4.78, 5) is 20.9. The van der Waals surface area contributed by atoms with Crippen LogP contribution in [0.25, 0.3) is 20.4 Å². The van der Waals surface area contributed by atoms with Crippen molar-refractivity contribution >= 4 is 54.1 Å². The number of aromatic hydroxyl groups is 1. The first-order chi connectivity index (χ1) is 10.7. The zero-order valence-corrected chi connectivity index (χ0v) is 12.7. The van der Waals surface area contributed by atoms with Crippen LogP contribution in [-0.4, -0.2) is 21.0 Å². The van der Waals surface area contributed by atoms with Crippen LogP contribution >= 0.6 is 22.7 Å². The summed E-state index contributed by atoms with van der Waals surface area (Å²) in [5.74, 6) is -0.122. The Balaban J connectivity index is 1.69. The standard InChI is InChI=1S/C15H9N3O2S2/c19-9-3-1-8(2-4-9)14(20)18-15-17-11-6-5-10-12(13(11)22-15)21-7-16-10/h1-7,19H,(H,17,18,20). The van der Waals surface area contributed by atoms with Gasteiger partial charge in [-0.3, -0.25) is 10.1 Å². The summed E-state index contributed by atoms with van der Waals surface area (Å²) in [6.07, 6.45) is 0. The van der Waals surface area contributed by atoms with Crippen LogP contribution in [0.5, 0.6) is 5.75 Å². The minimum atomic E-state index is -0.250. The fourth-order valence-electron chi connectivity index (χ4n) is 2.14. The third kappa shape index (κ3) is 2.20. The number of hydrogen-bond donors (Lipinski definition) is 2. The highest BCUT2D eigenvalue weighted by Gasteiger charge is 2.12. The number of benzene rings is 2. The predicted molar refractivity (Wildman–Crippen MR) is 88.9 cm³/mol. The minimum Gasteiger partial charge on any atom is -0.508 e. The lowest BCUT2D eigenvalue weighted by atomic mass is 10.2. The minimum absolute atomic E-state index is 0.129. The van der Waals surface area contributed by atoms with Crippen molar-refractivity contribution in [1.29, 1.82) is 0 Å². The monoisotopic (exact) mass is 327 g/mol. The van der Waals surface area contributed by atoms with Crippen LogP contribution in [-0.2, 0) is 0 Å². The van der Waals surface area contributed by atoms with Gasteiger partial charge in [0.05, 0.1) is 25.9 Å². The molecule has 0 saturated heterocycles. The van der Waals surface area contributed by atoms with Crippen LogP contribution < -0.4 is 5.32 Å². The van der Waals surface area contributed by atoms with Crippen molar-refractivity contribution in [3.63, 3.8) is 0 Å². The van der Waals surface area contributed by atoms with Gasteiger partial charge < -0.3 is 5.11 Å². The third-order valence-corrected chi connectivity index (χ3v) is 5.20. The number of fused-ring (bicyclic) bond motifs is 3. The Morgan fingerprint density at radius 1 is 1.05 bits per heavy atom. The first kappa shape index (κ1) is 13.2. The number of carbonyl (C=O) groups excluding carboxylic acids is 1. The van der Waals surface area contributed by atoms with E-state index in [1.54, 1.807) is 29.0 Å². The molecule has 2 heterocycles. The van der Waals surface area contributed by atoms with Gasteiger partial charge in [0, 0.05) is 5.56 Å². The number of anilines is 1. The number of carbonyl (C=O) groups is 1. The van der Waals surface area contributed by atoms with Gasteiger partial charge in [0.1, 0.15) is 5.75 Å². The average Bonchev–Trinajstić information content (AvgIpc) is 3.12. The highest BCUT2D eigenvalue weighted by Crippen LogP contribution is 2.34. The molecule has 0 aliphatic heterocycles. The van der Waals surface area contributed by atoms with Crippen molar-refractivity contribution in [2.75, 3.05) is 5.32 Å². The Kier molecular flexibility index (Phi) is 3.02. The normalized spacial score (nSPS) is 11.1. The van der Waals surface area contributed by atoms with Crippen molar-refractivity contribution < 1.29 is 9.90 Å². The zero-order valence-electron chi connectivity index (χ0n) is 11.1. The Hall–Kier alpha value is -2.51. The molecule has 2 aromatic carbocycles. The summed E-state index contributed by atoms with van der Waals surface area (Å²) < 4.78 is 2.11. The van der Waals surface area contributed by atoms with Crippen molar-refractivity contribution in [2.24, 2.45) is 0 Å². The lowest BCUT2D eigenvalue weighted by molar-refractivity contribution is 0.102. The van der Waals surface area contributed by atoms with Crippen molar-refractivity contribution in [3.05, 3.63) is 47.5 Å². The Morgan fingerprint density at radius 3 is 2.64 bits per heavy atom. The Labute approximate surface area is 132 Å². The fourth-order valence-corrected chi connectivity index (χ4v) is 4.04. The van der Waals surface area contributed by atoms with Crippen LogP contribution in [0.4, 0.5) is 5.13 Å². The summed E-state index contributed by atoms with van der Waals surface area (Å²) in [6, 6.07) is 9.94. The average molecular weight is 327 g/mol. The van der Waals surface area contributed by atoms with Gasteiger partial charge >= 0.3 is 0 Å². The number of thiazole rings is 2. The van der Waals surface area contributed by atoms with Gasteiger partial charge in [0.2, 0.25) is 0 Å². The molecule has 108 valence electrons. The number of phenols is 1. The molecule has 4 rings (SSSR count). The van der Waals surface area contributed by atoms with Gasteiger partial charge in [-0.05, 0) is 36.4 Å². The van der Waals surface area contributed by atoms with Gasteiger partial charge in [-0.1, -0.05) is 11.3 Å². The fraction of sp³-hybridized carbons (Fsp3) is 0. The molecule has 0 radical (unpaired) electrons. The molecule has 2 aromatic heterocycles. The third-order valence-electron chi connectivity index (χ3n) is 3.20. The molecule has 0 aliphatic rings. The van der Waals surface area contributed by atoms with E-state index < -0.39 is 0 Å². The van der Waals surface area contributed by atoms with Crippen LogP contribution in [0, 0.1) is 0 Å². The number of rotatable bonds is 2. The molecule has 2 N–H and O–H groups in total.